The van der Waals surface area contributed by atoms with Gasteiger partial charge in [-0.1, -0.05) is 18.2 Å². The zero-order chi connectivity index (χ0) is 15.6. The molecule has 0 radical (unpaired) electrons. The molecule has 0 aromatic heterocycles. The molecule has 7 nitrogen and oxygen atoms in total. The van der Waals surface area contributed by atoms with E-state index in [1.165, 1.54) is 24.3 Å². The maximum atomic E-state index is 12.7. The average molecular weight is 300 g/mol. The number of benzene rings is 1. The Bertz CT molecular complexity index is 758. The summed E-state index contributed by atoms with van der Waals surface area (Å²) in [5.41, 5.74) is -0.683. The second-order valence-electron chi connectivity index (χ2n) is 5.92. The van der Waals surface area contributed by atoms with Gasteiger partial charge in [0, 0.05) is 12.1 Å². The topological polar surface area (TPSA) is 89.8 Å². The molecule has 3 aliphatic rings. The number of nitro groups is 1. The van der Waals surface area contributed by atoms with Gasteiger partial charge in [-0.15, -0.1) is 0 Å². The molecule has 4 rings (SSSR count). The molecule has 1 aromatic carbocycles. The van der Waals surface area contributed by atoms with Gasteiger partial charge in [0.1, 0.15) is 0 Å². The lowest BCUT2D eigenvalue weighted by molar-refractivity contribution is -0.384. The number of nitro benzene ring substituents is 1. The van der Waals surface area contributed by atoms with Crippen LogP contribution in [0.15, 0.2) is 36.4 Å². The van der Waals surface area contributed by atoms with E-state index < -0.39 is 28.5 Å². The van der Waals surface area contributed by atoms with Crippen LogP contribution >= 0.6 is 0 Å². The van der Waals surface area contributed by atoms with Crippen LogP contribution in [0.5, 0.6) is 0 Å². The molecule has 4 atom stereocenters. The van der Waals surface area contributed by atoms with Crippen molar-refractivity contribution in [3.8, 4) is 0 Å². The minimum atomic E-state index is -0.766. The van der Waals surface area contributed by atoms with Crippen LogP contribution in [0.1, 0.15) is 6.92 Å². The summed E-state index contributed by atoms with van der Waals surface area (Å²) in [6.45, 7) is 1.79. The van der Waals surface area contributed by atoms with Gasteiger partial charge in [0.2, 0.25) is 11.8 Å². The van der Waals surface area contributed by atoms with Crippen LogP contribution in [-0.2, 0) is 14.3 Å². The van der Waals surface area contributed by atoms with Crippen LogP contribution in [0.4, 0.5) is 11.4 Å². The van der Waals surface area contributed by atoms with Gasteiger partial charge >= 0.3 is 0 Å². The lowest BCUT2D eigenvalue weighted by atomic mass is 9.78. The number of anilines is 1. The van der Waals surface area contributed by atoms with Crippen molar-refractivity contribution in [1.29, 1.82) is 0 Å². The molecule has 22 heavy (non-hydrogen) atoms. The van der Waals surface area contributed by atoms with E-state index in [0.29, 0.717) is 0 Å². The molecular weight excluding hydrogens is 288 g/mol. The van der Waals surface area contributed by atoms with Crippen LogP contribution in [0.25, 0.3) is 0 Å². The molecule has 0 unspecified atom stereocenters. The summed E-state index contributed by atoms with van der Waals surface area (Å²) in [4.78, 5) is 36.7. The van der Waals surface area contributed by atoms with E-state index in [2.05, 4.69) is 0 Å². The Morgan fingerprint density at radius 3 is 2.77 bits per heavy atom. The Morgan fingerprint density at radius 2 is 2.09 bits per heavy atom. The first-order valence-electron chi connectivity index (χ1n) is 6.92. The molecule has 0 N–H and O–H groups in total. The first kappa shape index (κ1) is 13.1. The Morgan fingerprint density at radius 1 is 1.32 bits per heavy atom. The third-order valence-corrected chi connectivity index (χ3v) is 4.63. The highest BCUT2D eigenvalue weighted by Gasteiger charge is 2.66. The highest BCUT2D eigenvalue weighted by Crippen LogP contribution is 2.52. The zero-order valence-corrected chi connectivity index (χ0v) is 11.6. The van der Waals surface area contributed by atoms with E-state index in [0.717, 1.165) is 4.90 Å². The smallest absolute Gasteiger partial charge is 0.271 e. The van der Waals surface area contributed by atoms with Crippen molar-refractivity contribution in [2.45, 2.75) is 18.6 Å². The van der Waals surface area contributed by atoms with Crippen LogP contribution in [0.2, 0.25) is 0 Å². The molecule has 0 saturated carbocycles. The minimum Gasteiger partial charge on any atom is -0.362 e. The van der Waals surface area contributed by atoms with Gasteiger partial charge in [0.15, 0.2) is 0 Å². The van der Waals surface area contributed by atoms with Crippen molar-refractivity contribution in [2.75, 3.05) is 4.90 Å². The summed E-state index contributed by atoms with van der Waals surface area (Å²) >= 11 is 0. The van der Waals surface area contributed by atoms with Gasteiger partial charge in [0.25, 0.3) is 5.69 Å². The van der Waals surface area contributed by atoms with Crippen LogP contribution < -0.4 is 4.90 Å². The first-order valence-corrected chi connectivity index (χ1v) is 6.92. The molecule has 1 aromatic rings. The molecule has 7 heteroatoms. The zero-order valence-electron chi connectivity index (χ0n) is 11.6. The van der Waals surface area contributed by atoms with E-state index in [4.69, 9.17) is 4.74 Å². The lowest BCUT2D eigenvalue weighted by Crippen LogP contribution is -2.38. The average Bonchev–Trinajstić information content (AvgIpc) is 3.08. The summed E-state index contributed by atoms with van der Waals surface area (Å²) in [6, 6.07) is 5.57. The predicted octanol–water partition coefficient (Wildman–Crippen LogP) is 1.43. The normalized spacial score (nSPS) is 35.3. The van der Waals surface area contributed by atoms with E-state index in [9.17, 15) is 19.7 Å². The van der Waals surface area contributed by atoms with Gasteiger partial charge in [-0.2, -0.15) is 0 Å². The van der Waals surface area contributed by atoms with Gasteiger partial charge in [-0.25, -0.2) is 4.90 Å². The number of imide groups is 1. The highest BCUT2D eigenvalue weighted by atomic mass is 16.6. The standard InChI is InChI=1S/C15H12N2O5/c1-15-6-5-10(22-15)11-12(15)14(19)16(13(11)18)8-3-2-4-9(7-8)17(20)21/h2-7,10-12H,1H3/t10-,11+,12+,15-/m0/s1. The van der Waals surface area contributed by atoms with Crippen LogP contribution in [0, 0.1) is 22.0 Å². The molecule has 3 heterocycles. The fraction of sp³-hybridized carbons (Fsp3) is 0.333. The Kier molecular flexibility index (Phi) is 2.40. The summed E-state index contributed by atoms with van der Waals surface area (Å²) in [7, 11) is 0. The second-order valence-corrected chi connectivity index (χ2v) is 5.92. The highest BCUT2D eigenvalue weighted by molar-refractivity contribution is 6.23. The number of ether oxygens (including phenoxy) is 1. The SMILES string of the molecule is C[C@@]12C=C[C@H](O1)[C@H]1C(=O)N(c3cccc([N+](=O)[O-])c3)C(=O)[C@@H]12. The Labute approximate surface area is 125 Å². The fourth-order valence-electron chi connectivity index (χ4n) is 3.65. The minimum absolute atomic E-state index is 0.154. The second kappa shape index (κ2) is 4.01. The molecule has 0 spiro atoms. The number of hydrogen-bond acceptors (Lipinski definition) is 5. The summed E-state index contributed by atoms with van der Waals surface area (Å²) in [6.07, 6.45) is 3.24. The summed E-state index contributed by atoms with van der Waals surface area (Å²) in [5, 5.41) is 10.9. The Balaban J connectivity index is 1.77. The Hall–Kier alpha value is -2.54. The molecule has 3 aliphatic heterocycles. The summed E-state index contributed by atoms with van der Waals surface area (Å²) in [5.74, 6) is -1.81. The number of fused-ring (bicyclic) bond motifs is 5. The van der Waals surface area contributed by atoms with Gasteiger partial charge in [-0.3, -0.25) is 19.7 Å². The molecule has 2 fully saturated rings. The number of hydrogen-bond donors (Lipinski definition) is 0. The summed E-state index contributed by atoms with van der Waals surface area (Å²) < 4.78 is 5.73. The number of amides is 2. The maximum absolute atomic E-state index is 12.7. The lowest BCUT2D eigenvalue weighted by Gasteiger charge is -2.24. The number of rotatable bonds is 2. The van der Waals surface area contributed by atoms with E-state index in [-0.39, 0.29) is 23.2 Å². The van der Waals surface area contributed by atoms with E-state index >= 15 is 0 Å². The van der Waals surface area contributed by atoms with Crippen LogP contribution in [-0.4, -0.2) is 28.4 Å². The van der Waals surface area contributed by atoms with Gasteiger partial charge in [-0.05, 0) is 13.0 Å². The van der Waals surface area contributed by atoms with Crippen molar-refractivity contribution in [1.82, 2.24) is 0 Å². The largest absolute Gasteiger partial charge is 0.362 e. The predicted molar refractivity (Wildman–Crippen MR) is 75.0 cm³/mol. The fourth-order valence-corrected chi connectivity index (χ4v) is 3.65. The van der Waals surface area contributed by atoms with Crippen molar-refractivity contribution in [3.05, 3.63) is 46.5 Å². The first-order chi connectivity index (χ1) is 10.4. The van der Waals surface area contributed by atoms with E-state index in [1.807, 2.05) is 12.2 Å². The number of non-ortho nitro benzene ring substituents is 1. The number of nitrogens with zero attached hydrogens (tertiary/aromatic N) is 2. The molecule has 0 aliphatic carbocycles. The van der Waals surface area contributed by atoms with Crippen molar-refractivity contribution >= 4 is 23.2 Å². The van der Waals surface area contributed by atoms with Crippen molar-refractivity contribution < 1.29 is 19.2 Å². The quantitative estimate of drug-likeness (QED) is 0.357. The third kappa shape index (κ3) is 1.48. The van der Waals surface area contributed by atoms with Crippen molar-refractivity contribution in [2.24, 2.45) is 11.8 Å². The molecule has 2 bridgehead atoms. The number of carbonyl (C=O) groups is 2. The van der Waals surface area contributed by atoms with E-state index in [1.54, 1.807) is 6.92 Å². The number of carbonyl (C=O) groups excluding carboxylic acids is 2. The maximum Gasteiger partial charge on any atom is 0.271 e. The van der Waals surface area contributed by atoms with Gasteiger partial charge in [0.05, 0.1) is 34.2 Å². The molecule has 2 amide bonds. The van der Waals surface area contributed by atoms with Crippen molar-refractivity contribution in [3.63, 3.8) is 0 Å². The monoisotopic (exact) mass is 300 g/mol. The molecule has 2 saturated heterocycles. The van der Waals surface area contributed by atoms with Crippen LogP contribution in [0.3, 0.4) is 0 Å². The third-order valence-electron chi connectivity index (χ3n) is 4.63. The van der Waals surface area contributed by atoms with Gasteiger partial charge < -0.3 is 4.74 Å². The molecule has 112 valence electrons. The molecular formula is C15H12N2O5.